The van der Waals surface area contributed by atoms with Crippen molar-refractivity contribution in [1.29, 1.82) is 0 Å². The van der Waals surface area contributed by atoms with Gasteiger partial charge in [0.1, 0.15) is 0 Å². The summed E-state index contributed by atoms with van der Waals surface area (Å²) in [5.74, 6) is 5.84. The van der Waals surface area contributed by atoms with Gasteiger partial charge in [-0.2, -0.15) is 0 Å². The fourth-order valence-corrected chi connectivity index (χ4v) is 4.40. The molecule has 1 unspecified atom stereocenters. The maximum Gasteiger partial charge on any atom is 0.0802 e. The first-order valence-corrected chi connectivity index (χ1v) is 8.30. The molecule has 0 saturated heterocycles. The molecule has 0 bridgehead atoms. The van der Waals surface area contributed by atoms with E-state index in [1.54, 1.807) is 4.88 Å². The number of hydrogen-bond donors (Lipinski definition) is 2. The highest BCUT2D eigenvalue weighted by Crippen LogP contribution is 2.35. The molecule has 2 nitrogen and oxygen atoms in total. The highest BCUT2D eigenvalue weighted by atomic mass is 32.1. The zero-order valence-electron chi connectivity index (χ0n) is 12.0. The molecule has 0 saturated carbocycles. The van der Waals surface area contributed by atoms with E-state index in [1.807, 2.05) is 11.3 Å². The normalized spacial score (nSPS) is 15.3. The van der Waals surface area contributed by atoms with Gasteiger partial charge in [-0.3, -0.25) is 5.84 Å². The topological polar surface area (TPSA) is 38.0 Å². The van der Waals surface area contributed by atoms with Crippen LogP contribution in [0.25, 0.3) is 0 Å². The number of hydrazine groups is 1. The molecule has 2 aromatic rings. The smallest absolute Gasteiger partial charge is 0.0802 e. The van der Waals surface area contributed by atoms with Gasteiger partial charge in [-0.25, -0.2) is 5.43 Å². The number of nitrogens with two attached hydrogens (primary N) is 1. The van der Waals surface area contributed by atoms with E-state index in [0.717, 1.165) is 6.42 Å². The summed E-state index contributed by atoms with van der Waals surface area (Å²) in [7, 11) is 0. The Morgan fingerprint density at radius 2 is 2.20 bits per heavy atom. The van der Waals surface area contributed by atoms with Crippen LogP contribution in [0.3, 0.4) is 0 Å². The van der Waals surface area contributed by atoms with Gasteiger partial charge in [-0.15, -0.1) is 11.3 Å². The average molecular weight is 286 g/mol. The number of hydrogen-bond acceptors (Lipinski definition) is 3. The van der Waals surface area contributed by atoms with Crippen molar-refractivity contribution in [3.63, 3.8) is 0 Å². The number of aryl methyl sites for hydroxylation is 3. The fraction of sp³-hybridized carbons (Fsp3) is 0.412. The maximum atomic E-state index is 5.84. The van der Waals surface area contributed by atoms with Crippen LogP contribution in [-0.2, 0) is 19.3 Å². The first-order chi connectivity index (χ1) is 9.81. The standard InChI is InChI=1S/C17H22N2S/c1-2-5-12-6-3-8-14(10-12)17(19-18)16-11-13-7-4-9-15(13)20-16/h3,6,8,10-11,17,19H,2,4-5,7,9,18H2,1H3. The Hall–Kier alpha value is -1.16. The highest BCUT2D eigenvalue weighted by molar-refractivity contribution is 7.12. The van der Waals surface area contributed by atoms with Crippen molar-refractivity contribution in [2.75, 3.05) is 0 Å². The predicted octanol–water partition coefficient (Wildman–Crippen LogP) is 3.74. The van der Waals surface area contributed by atoms with Gasteiger partial charge in [-0.05, 0) is 48.4 Å². The number of thiophene rings is 1. The largest absolute Gasteiger partial charge is 0.271 e. The van der Waals surface area contributed by atoms with E-state index < -0.39 is 0 Å². The van der Waals surface area contributed by atoms with Gasteiger partial charge in [-0.1, -0.05) is 37.6 Å². The van der Waals surface area contributed by atoms with E-state index in [1.165, 1.54) is 47.3 Å². The van der Waals surface area contributed by atoms with Crippen LogP contribution < -0.4 is 11.3 Å². The number of rotatable bonds is 5. The van der Waals surface area contributed by atoms with Gasteiger partial charge >= 0.3 is 0 Å². The second-order valence-electron chi connectivity index (χ2n) is 5.55. The zero-order valence-corrected chi connectivity index (χ0v) is 12.8. The molecule has 3 N–H and O–H groups in total. The Bertz CT molecular complexity index is 567. The van der Waals surface area contributed by atoms with Crippen LogP contribution in [0.2, 0.25) is 0 Å². The van der Waals surface area contributed by atoms with Gasteiger partial charge in [0.05, 0.1) is 6.04 Å². The Morgan fingerprint density at radius 3 is 2.95 bits per heavy atom. The summed E-state index contributed by atoms with van der Waals surface area (Å²) in [6, 6.07) is 11.3. The minimum atomic E-state index is 0.127. The summed E-state index contributed by atoms with van der Waals surface area (Å²) in [5, 5.41) is 0. The minimum absolute atomic E-state index is 0.127. The third kappa shape index (κ3) is 2.66. The third-order valence-corrected chi connectivity index (χ3v) is 5.34. The van der Waals surface area contributed by atoms with Crippen molar-refractivity contribution in [3.05, 3.63) is 56.8 Å². The molecule has 1 atom stereocenters. The van der Waals surface area contributed by atoms with E-state index in [4.69, 9.17) is 5.84 Å². The minimum Gasteiger partial charge on any atom is -0.271 e. The third-order valence-electron chi connectivity index (χ3n) is 4.04. The molecule has 3 rings (SSSR count). The summed E-state index contributed by atoms with van der Waals surface area (Å²) >= 11 is 1.93. The number of benzene rings is 1. The first-order valence-electron chi connectivity index (χ1n) is 7.48. The molecule has 106 valence electrons. The summed E-state index contributed by atoms with van der Waals surface area (Å²) in [6.45, 7) is 2.22. The Kier molecular flexibility index (Phi) is 4.20. The summed E-state index contributed by atoms with van der Waals surface area (Å²) in [4.78, 5) is 2.91. The lowest BCUT2D eigenvalue weighted by molar-refractivity contribution is 0.645. The lowest BCUT2D eigenvalue weighted by Gasteiger charge is -2.16. The van der Waals surface area contributed by atoms with Gasteiger partial charge in [0.25, 0.3) is 0 Å². The predicted molar refractivity (Wildman–Crippen MR) is 85.9 cm³/mol. The molecule has 0 amide bonds. The van der Waals surface area contributed by atoms with E-state index in [2.05, 4.69) is 42.7 Å². The van der Waals surface area contributed by atoms with E-state index in [-0.39, 0.29) is 6.04 Å². The van der Waals surface area contributed by atoms with Crippen LogP contribution in [0.5, 0.6) is 0 Å². The number of fused-ring (bicyclic) bond motifs is 1. The molecule has 0 radical (unpaired) electrons. The molecule has 1 aromatic heterocycles. The molecule has 1 aromatic carbocycles. The first kappa shape index (κ1) is 13.8. The van der Waals surface area contributed by atoms with Gasteiger partial charge in [0.2, 0.25) is 0 Å². The van der Waals surface area contributed by atoms with Crippen LogP contribution in [0.15, 0.2) is 30.3 Å². The Morgan fingerprint density at radius 1 is 1.30 bits per heavy atom. The summed E-state index contributed by atoms with van der Waals surface area (Å²) < 4.78 is 0. The quantitative estimate of drug-likeness (QED) is 0.649. The monoisotopic (exact) mass is 286 g/mol. The molecule has 3 heteroatoms. The van der Waals surface area contributed by atoms with Crippen LogP contribution in [0.1, 0.15) is 52.3 Å². The maximum absolute atomic E-state index is 5.84. The molecular weight excluding hydrogens is 264 g/mol. The van der Waals surface area contributed by atoms with Crippen LogP contribution >= 0.6 is 11.3 Å². The molecule has 1 aliphatic carbocycles. The van der Waals surface area contributed by atoms with E-state index in [9.17, 15) is 0 Å². The Labute approximate surface area is 125 Å². The number of nitrogens with one attached hydrogen (secondary N) is 1. The molecule has 1 aliphatic rings. The van der Waals surface area contributed by atoms with Gasteiger partial charge < -0.3 is 0 Å². The van der Waals surface area contributed by atoms with Crippen molar-refractivity contribution in [3.8, 4) is 0 Å². The summed E-state index contributed by atoms with van der Waals surface area (Å²) in [5.41, 5.74) is 7.21. The second kappa shape index (κ2) is 6.08. The van der Waals surface area contributed by atoms with Crippen molar-refractivity contribution in [2.45, 2.75) is 45.1 Å². The van der Waals surface area contributed by atoms with E-state index >= 15 is 0 Å². The van der Waals surface area contributed by atoms with Crippen molar-refractivity contribution in [1.82, 2.24) is 5.43 Å². The van der Waals surface area contributed by atoms with Crippen LogP contribution in [0.4, 0.5) is 0 Å². The fourth-order valence-electron chi connectivity index (χ4n) is 3.05. The zero-order chi connectivity index (χ0) is 13.9. The average Bonchev–Trinajstić information content (AvgIpc) is 3.02. The van der Waals surface area contributed by atoms with E-state index in [0.29, 0.717) is 0 Å². The molecule has 0 aliphatic heterocycles. The molecule has 1 heterocycles. The van der Waals surface area contributed by atoms with Gasteiger partial charge in [0, 0.05) is 9.75 Å². The lowest BCUT2D eigenvalue weighted by Crippen LogP contribution is -2.28. The molecule has 0 fully saturated rings. The van der Waals surface area contributed by atoms with Gasteiger partial charge in [0.15, 0.2) is 0 Å². The molecule has 0 spiro atoms. The second-order valence-corrected chi connectivity index (χ2v) is 6.71. The summed E-state index contributed by atoms with van der Waals surface area (Å²) in [6.07, 6.45) is 6.10. The highest BCUT2D eigenvalue weighted by Gasteiger charge is 2.20. The van der Waals surface area contributed by atoms with Crippen LogP contribution in [0, 0.1) is 0 Å². The van der Waals surface area contributed by atoms with Crippen molar-refractivity contribution in [2.24, 2.45) is 5.84 Å². The van der Waals surface area contributed by atoms with Crippen molar-refractivity contribution < 1.29 is 0 Å². The van der Waals surface area contributed by atoms with Crippen molar-refractivity contribution >= 4 is 11.3 Å². The SMILES string of the molecule is CCCc1cccc(C(NN)c2cc3c(s2)CCC3)c1. The Balaban J connectivity index is 1.90. The molecular formula is C17H22N2S. The van der Waals surface area contributed by atoms with Crippen LogP contribution in [-0.4, -0.2) is 0 Å². The lowest BCUT2D eigenvalue weighted by atomic mass is 10.0. The molecule has 20 heavy (non-hydrogen) atoms.